The lowest BCUT2D eigenvalue weighted by Gasteiger charge is -2.37. The summed E-state index contributed by atoms with van der Waals surface area (Å²) in [5, 5.41) is 3.55. The van der Waals surface area contributed by atoms with Gasteiger partial charge in [-0.25, -0.2) is 0 Å². The van der Waals surface area contributed by atoms with Gasteiger partial charge in [-0.1, -0.05) is 24.1 Å². The molecule has 106 valence electrons. The van der Waals surface area contributed by atoms with Gasteiger partial charge in [-0.05, 0) is 54.7 Å². The number of methoxy groups -OCH3 is 1. The van der Waals surface area contributed by atoms with Crippen molar-refractivity contribution in [1.82, 2.24) is 0 Å². The molecule has 0 unspecified atom stereocenters. The molecule has 2 nitrogen and oxygen atoms in total. The molecule has 0 aliphatic heterocycles. The summed E-state index contributed by atoms with van der Waals surface area (Å²) in [7, 11) is 1.71. The quantitative estimate of drug-likeness (QED) is 0.852. The highest BCUT2D eigenvalue weighted by Crippen LogP contribution is 2.39. The molecule has 0 bridgehead atoms. The highest BCUT2D eigenvalue weighted by molar-refractivity contribution is 5.51. The molecule has 1 fully saturated rings. The molecule has 2 heteroatoms. The van der Waals surface area contributed by atoms with Gasteiger partial charge >= 0.3 is 0 Å². The van der Waals surface area contributed by atoms with Crippen LogP contribution in [0, 0.1) is 12.3 Å². The fourth-order valence-corrected chi connectivity index (χ4v) is 2.84. The van der Waals surface area contributed by atoms with Gasteiger partial charge in [0, 0.05) is 17.3 Å². The van der Waals surface area contributed by atoms with Crippen LogP contribution in [0.5, 0.6) is 5.75 Å². The standard InChI is InChI=1S/C19H19NO/c1-3-14-6-4-8-17(10-14)20-18-11-16(12-18)15-7-5-9-19(13-15)21-2/h1,4-10,13,16,18,20H,11-12H2,2H3. The minimum Gasteiger partial charge on any atom is -0.497 e. The van der Waals surface area contributed by atoms with Crippen molar-refractivity contribution in [3.8, 4) is 18.1 Å². The Morgan fingerprint density at radius 1 is 1.14 bits per heavy atom. The highest BCUT2D eigenvalue weighted by atomic mass is 16.5. The predicted octanol–water partition coefficient (Wildman–Crippen LogP) is 4.03. The van der Waals surface area contributed by atoms with E-state index < -0.39 is 0 Å². The number of nitrogens with one attached hydrogen (secondary N) is 1. The van der Waals surface area contributed by atoms with E-state index in [4.69, 9.17) is 11.2 Å². The maximum absolute atomic E-state index is 5.43. The Balaban J connectivity index is 1.59. The SMILES string of the molecule is C#Cc1cccc(NC2CC(c3cccc(OC)c3)C2)c1. The van der Waals surface area contributed by atoms with Crippen LogP contribution in [-0.4, -0.2) is 13.2 Å². The number of benzene rings is 2. The van der Waals surface area contributed by atoms with E-state index >= 15 is 0 Å². The smallest absolute Gasteiger partial charge is 0.119 e. The monoisotopic (exact) mass is 277 g/mol. The summed E-state index contributed by atoms with van der Waals surface area (Å²) in [4.78, 5) is 0. The molecule has 3 rings (SSSR count). The zero-order chi connectivity index (χ0) is 14.7. The van der Waals surface area contributed by atoms with E-state index in [1.165, 1.54) is 5.56 Å². The van der Waals surface area contributed by atoms with Crippen LogP contribution in [0.3, 0.4) is 0 Å². The number of ether oxygens (including phenoxy) is 1. The highest BCUT2D eigenvalue weighted by Gasteiger charge is 2.30. The summed E-state index contributed by atoms with van der Waals surface area (Å²) in [6, 6.07) is 16.9. The molecule has 0 amide bonds. The molecule has 0 atom stereocenters. The molecule has 0 aromatic heterocycles. The molecule has 2 aromatic carbocycles. The average molecular weight is 277 g/mol. The zero-order valence-corrected chi connectivity index (χ0v) is 12.2. The average Bonchev–Trinajstić information content (AvgIpc) is 2.50. The van der Waals surface area contributed by atoms with Crippen LogP contribution in [0.15, 0.2) is 48.5 Å². The molecule has 1 saturated carbocycles. The van der Waals surface area contributed by atoms with Gasteiger partial charge < -0.3 is 10.1 Å². The summed E-state index contributed by atoms with van der Waals surface area (Å²) in [5.41, 5.74) is 3.40. The van der Waals surface area contributed by atoms with Crippen LogP contribution < -0.4 is 10.1 Å². The van der Waals surface area contributed by atoms with Crippen LogP contribution in [0.1, 0.15) is 29.9 Å². The third-order valence-electron chi connectivity index (χ3n) is 4.10. The molecular formula is C19H19NO. The number of terminal acetylenes is 1. The first-order valence-electron chi connectivity index (χ1n) is 7.25. The van der Waals surface area contributed by atoms with E-state index in [0.717, 1.165) is 29.8 Å². The fourth-order valence-electron chi connectivity index (χ4n) is 2.84. The first kappa shape index (κ1) is 13.6. The van der Waals surface area contributed by atoms with Gasteiger partial charge in [-0.2, -0.15) is 0 Å². The van der Waals surface area contributed by atoms with Crippen LogP contribution >= 0.6 is 0 Å². The lowest BCUT2D eigenvalue weighted by atomic mass is 9.75. The second-order valence-electron chi connectivity index (χ2n) is 5.51. The number of anilines is 1. The molecule has 1 N–H and O–H groups in total. The zero-order valence-electron chi connectivity index (χ0n) is 12.2. The minimum atomic E-state index is 0.522. The van der Waals surface area contributed by atoms with Gasteiger partial charge in [0.1, 0.15) is 5.75 Å². The van der Waals surface area contributed by atoms with Gasteiger partial charge in [-0.15, -0.1) is 6.42 Å². The first-order chi connectivity index (χ1) is 10.3. The Morgan fingerprint density at radius 2 is 1.95 bits per heavy atom. The van der Waals surface area contributed by atoms with Gasteiger partial charge in [0.15, 0.2) is 0 Å². The van der Waals surface area contributed by atoms with Gasteiger partial charge in [0.2, 0.25) is 0 Å². The van der Waals surface area contributed by atoms with Crippen molar-refractivity contribution in [1.29, 1.82) is 0 Å². The Labute approximate surface area is 126 Å². The molecule has 0 heterocycles. The summed E-state index contributed by atoms with van der Waals surface area (Å²) in [5.74, 6) is 4.22. The van der Waals surface area contributed by atoms with E-state index in [-0.39, 0.29) is 0 Å². The fraction of sp³-hybridized carbons (Fsp3) is 0.263. The minimum absolute atomic E-state index is 0.522. The molecule has 0 spiro atoms. The van der Waals surface area contributed by atoms with Gasteiger partial charge in [0.05, 0.1) is 7.11 Å². The van der Waals surface area contributed by atoms with Crippen molar-refractivity contribution in [2.24, 2.45) is 0 Å². The summed E-state index contributed by atoms with van der Waals surface area (Å²) in [6.07, 6.45) is 7.72. The van der Waals surface area contributed by atoms with Gasteiger partial charge in [0.25, 0.3) is 0 Å². The Morgan fingerprint density at radius 3 is 2.71 bits per heavy atom. The normalized spacial score (nSPS) is 20.2. The number of rotatable bonds is 4. The molecule has 2 aromatic rings. The molecule has 1 aliphatic carbocycles. The van der Waals surface area contributed by atoms with Crippen LogP contribution in [0.25, 0.3) is 0 Å². The molecule has 0 radical (unpaired) electrons. The van der Waals surface area contributed by atoms with E-state index in [9.17, 15) is 0 Å². The number of hydrogen-bond donors (Lipinski definition) is 1. The lowest BCUT2D eigenvalue weighted by Crippen LogP contribution is -2.34. The van der Waals surface area contributed by atoms with E-state index in [2.05, 4.69) is 35.5 Å². The van der Waals surface area contributed by atoms with Crippen molar-refractivity contribution >= 4 is 5.69 Å². The van der Waals surface area contributed by atoms with Crippen LogP contribution in [0.2, 0.25) is 0 Å². The molecule has 21 heavy (non-hydrogen) atoms. The maximum atomic E-state index is 5.43. The van der Waals surface area contributed by atoms with Crippen molar-refractivity contribution in [2.75, 3.05) is 12.4 Å². The second-order valence-corrected chi connectivity index (χ2v) is 5.51. The van der Waals surface area contributed by atoms with E-state index in [0.29, 0.717) is 12.0 Å². The maximum Gasteiger partial charge on any atom is 0.119 e. The van der Waals surface area contributed by atoms with Crippen molar-refractivity contribution < 1.29 is 4.74 Å². The third kappa shape index (κ3) is 3.03. The van der Waals surface area contributed by atoms with E-state index in [1.807, 2.05) is 24.3 Å². The van der Waals surface area contributed by atoms with Crippen LogP contribution in [0.4, 0.5) is 5.69 Å². The summed E-state index contributed by atoms with van der Waals surface area (Å²) < 4.78 is 5.29. The Hall–Kier alpha value is -2.40. The van der Waals surface area contributed by atoms with Crippen LogP contribution in [-0.2, 0) is 0 Å². The topological polar surface area (TPSA) is 21.3 Å². The first-order valence-corrected chi connectivity index (χ1v) is 7.25. The van der Waals surface area contributed by atoms with Crippen molar-refractivity contribution in [3.05, 3.63) is 59.7 Å². The molecular weight excluding hydrogens is 258 g/mol. The van der Waals surface area contributed by atoms with Gasteiger partial charge in [-0.3, -0.25) is 0 Å². The van der Waals surface area contributed by atoms with E-state index in [1.54, 1.807) is 7.11 Å². The lowest BCUT2D eigenvalue weighted by molar-refractivity contribution is 0.370. The second kappa shape index (κ2) is 5.93. The molecule has 1 aliphatic rings. The largest absolute Gasteiger partial charge is 0.497 e. The number of hydrogen-bond acceptors (Lipinski definition) is 2. The van der Waals surface area contributed by atoms with Crippen molar-refractivity contribution in [2.45, 2.75) is 24.8 Å². The summed E-state index contributed by atoms with van der Waals surface area (Å²) in [6.45, 7) is 0. The third-order valence-corrected chi connectivity index (χ3v) is 4.10. The predicted molar refractivity (Wildman–Crippen MR) is 86.8 cm³/mol. The van der Waals surface area contributed by atoms with Crippen molar-refractivity contribution in [3.63, 3.8) is 0 Å². The molecule has 0 saturated heterocycles. The Bertz CT molecular complexity index is 665. The summed E-state index contributed by atoms with van der Waals surface area (Å²) >= 11 is 0. The Kier molecular flexibility index (Phi) is 3.83.